The van der Waals surface area contributed by atoms with Crippen LogP contribution in [-0.2, 0) is 0 Å². The minimum atomic E-state index is 0.758. The monoisotopic (exact) mass is 249 g/mol. The maximum absolute atomic E-state index is 4.25. The Morgan fingerprint density at radius 1 is 1.22 bits per heavy atom. The average Bonchev–Trinajstić information content (AvgIpc) is 2.44. The average molecular weight is 249 g/mol. The molecule has 1 aliphatic heterocycles. The minimum Gasteiger partial charge on any atom is -0.370 e. The number of nitrogens with zero attached hydrogens (tertiary/aromatic N) is 2. The molecule has 1 aromatic rings. The summed E-state index contributed by atoms with van der Waals surface area (Å²) in [4.78, 5) is 8.45. The Hall–Kier alpha value is -1.36. The summed E-state index contributed by atoms with van der Waals surface area (Å²) in [5, 5.41) is 10.1. The zero-order chi connectivity index (χ0) is 12.6. The van der Waals surface area contributed by atoms with E-state index in [4.69, 9.17) is 0 Å². The molecule has 0 aromatic carbocycles. The predicted molar refractivity (Wildman–Crippen MR) is 74.9 cm³/mol. The van der Waals surface area contributed by atoms with Gasteiger partial charge in [0.1, 0.15) is 18.0 Å². The third-order valence-corrected chi connectivity index (χ3v) is 3.25. The van der Waals surface area contributed by atoms with Crippen molar-refractivity contribution in [3.8, 4) is 0 Å². The second kappa shape index (κ2) is 7.16. The van der Waals surface area contributed by atoms with Gasteiger partial charge in [0.05, 0.1) is 0 Å². The van der Waals surface area contributed by atoms with Crippen molar-refractivity contribution in [2.24, 2.45) is 5.92 Å². The summed E-state index contributed by atoms with van der Waals surface area (Å²) in [5.41, 5.74) is 0. The van der Waals surface area contributed by atoms with Crippen LogP contribution in [-0.4, -0.2) is 36.1 Å². The van der Waals surface area contributed by atoms with Crippen molar-refractivity contribution in [1.29, 1.82) is 0 Å². The van der Waals surface area contributed by atoms with Gasteiger partial charge in [0.2, 0.25) is 0 Å². The van der Waals surface area contributed by atoms with Crippen molar-refractivity contribution in [2.75, 3.05) is 36.8 Å². The molecule has 0 unspecified atom stereocenters. The molecule has 0 atom stereocenters. The second-order valence-electron chi connectivity index (χ2n) is 4.79. The zero-order valence-corrected chi connectivity index (χ0v) is 11.1. The number of hydrogen-bond acceptors (Lipinski definition) is 5. The fourth-order valence-electron chi connectivity index (χ4n) is 2.14. The Kier molecular flexibility index (Phi) is 5.20. The van der Waals surface area contributed by atoms with Gasteiger partial charge in [-0.1, -0.05) is 6.92 Å². The molecule has 0 spiro atoms. The molecular weight excluding hydrogens is 226 g/mol. The summed E-state index contributed by atoms with van der Waals surface area (Å²) in [6.45, 7) is 6.37. The normalized spacial score (nSPS) is 16.5. The number of aromatic nitrogens is 2. The summed E-state index contributed by atoms with van der Waals surface area (Å²) < 4.78 is 0. The minimum absolute atomic E-state index is 0.758. The lowest BCUT2D eigenvalue weighted by molar-refractivity contribution is 0.389. The van der Waals surface area contributed by atoms with E-state index in [9.17, 15) is 0 Å². The molecule has 18 heavy (non-hydrogen) atoms. The van der Waals surface area contributed by atoms with Gasteiger partial charge in [0.25, 0.3) is 0 Å². The Morgan fingerprint density at radius 2 is 1.94 bits per heavy atom. The van der Waals surface area contributed by atoms with E-state index in [1.54, 1.807) is 6.33 Å². The molecule has 5 nitrogen and oxygen atoms in total. The highest BCUT2D eigenvalue weighted by Crippen LogP contribution is 2.14. The van der Waals surface area contributed by atoms with Crippen molar-refractivity contribution < 1.29 is 0 Å². The standard InChI is InChI=1S/C13H23N5/c1-2-5-15-12-8-13(18-10-17-12)16-9-11-3-6-14-7-4-11/h8,10-11,14H,2-7,9H2,1H3,(H2,15,16,17,18). The van der Waals surface area contributed by atoms with Crippen molar-refractivity contribution >= 4 is 11.6 Å². The fourth-order valence-corrected chi connectivity index (χ4v) is 2.14. The fraction of sp³-hybridized carbons (Fsp3) is 0.692. The maximum Gasteiger partial charge on any atom is 0.131 e. The van der Waals surface area contributed by atoms with Crippen LogP contribution in [0.25, 0.3) is 0 Å². The Labute approximate surface area is 109 Å². The first-order valence-corrected chi connectivity index (χ1v) is 6.89. The van der Waals surface area contributed by atoms with Gasteiger partial charge >= 0.3 is 0 Å². The van der Waals surface area contributed by atoms with E-state index in [1.165, 1.54) is 12.8 Å². The SMILES string of the molecule is CCCNc1cc(NCC2CCNCC2)ncn1. The van der Waals surface area contributed by atoms with Crippen molar-refractivity contribution in [2.45, 2.75) is 26.2 Å². The summed E-state index contributed by atoms with van der Waals surface area (Å²) in [6.07, 6.45) is 5.21. The summed E-state index contributed by atoms with van der Waals surface area (Å²) in [7, 11) is 0. The van der Waals surface area contributed by atoms with Gasteiger partial charge in [-0.2, -0.15) is 0 Å². The number of piperidine rings is 1. The van der Waals surface area contributed by atoms with Crippen LogP contribution in [0.15, 0.2) is 12.4 Å². The van der Waals surface area contributed by atoms with E-state index >= 15 is 0 Å². The van der Waals surface area contributed by atoms with Crippen LogP contribution in [0.2, 0.25) is 0 Å². The van der Waals surface area contributed by atoms with E-state index in [0.29, 0.717) is 0 Å². The topological polar surface area (TPSA) is 61.9 Å². The summed E-state index contributed by atoms with van der Waals surface area (Å²) in [6, 6.07) is 1.98. The molecule has 0 radical (unpaired) electrons. The van der Waals surface area contributed by atoms with E-state index in [-0.39, 0.29) is 0 Å². The molecule has 2 heterocycles. The number of rotatable bonds is 6. The van der Waals surface area contributed by atoms with Gasteiger partial charge in [-0.05, 0) is 38.3 Å². The van der Waals surface area contributed by atoms with Crippen molar-refractivity contribution in [3.05, 3.63) is 12.4 Å². The molecule has 5 heteroatoms. The van der Waals surface area contributed by atoms with Crippen LogP contribution in [0, 0.1) is 5.92 Å². The molecule has 2 rings (SSSR count). The van der Waals surface area contributed by atoms with Crippen LogP contribution in [0.5, 0.6) is 0 Å². The third kappa shape index (κ3) is 4.14. The van der Waals surface area contributed by atoms with Gasteiger partial charge in [-0.3, -0.25) is 0 Å². The molecule has 1 aliphatic rings. The van der Waals surface area contributed by atoms with E-state index in [0.717, 1.165) is 50.2 Å². The van der Waals surface area contributed by atoms with Crippen LogP contribution in [0.1, 0.15) is 26.2 Å². The number of hydrogen-bond donors (Lipinski definition) is 3. The maximum atomic E-state index is 4.25. The molecule has 0 bridgehead atoms. The molecular formula is C13H23N5. The molecule has 0 amide bonds. The Balaban J connectivity index is 1.80. The molecule has 0 saturated carbocycles. The predicted octanol–water partition coefficient (Wildman–Crippen LogP) is 1.71. The highest BCUT2D eigenvalue weighted by molar-refractivity contribution is 5.46. The first-order chi connectivity index (χ1) is 8.88. The van der Waals surface area contributed by atoms with E-state index in [2.05, 4.69) is 32.8 Å². The molecule has 0 aliphatic carbocycles. The number of nitrogens with one attached hydrogen (secondary N) is 3. The quantitative estimate of drug-likeness (QED) is 0.716. The Bertz CT molecular complexity index is 349. The molecule has 100 valence electrons. The highest BCUT2D eigenvalue weighted by Gasteiger charge is 2.12. The lowest BCUT2D eigenvalue weighted by Crippen LogP contribution is -2.31. The lowest BCUT2D eigenvalue weighted by atomic mass is 9.98. The smallest absolute Gasteiger partial charge is 0.131 e. The zero-order valence-electron chi connectivity index (χ0n) is 11.1. The Morgan fingerprint density at radius 3 is 2.67 bits per heavy atom. The van der Waals surface area contributed by atoms with Gasteiger partial charge in [-0.25, -0.2) is 9.97 Å². The van der Waals surface area contributed by atoms with Gasteiger partial charge in [0.15, 0.2) is 0 Å². The van der Waals surface area contributed by atoms with E-state index in [1.807, 2.05) is 6.07 Å². The third-order valence-electron chi connectivity index (χ3n) is 3.25. The van der Waals surface area contributed by atoms with Crippen LogP contribution in [0.4, 0.5) is 11.6 Å². The summed E-state index contributed by atoms with van der Waals surface area (Å²) >= 11 is 0. The van der Waals surface area contributed by atoms with E-state index < -0.39 is 0 Å². The van der Waals surface area contributed by atoms with Gasteiger partial charge in [0, 0.05) is 19.2 Å². The lowest BCUT2D eigenvalue weighted by Gasteiger charge is -2.22. The van der Waals surface area contributed by atoms with Crippen molar-refractivity contribution in [3.63, 3.8) is 0 Å². The first kappa shape index (κ1) is 13.1. The number of anilines is 2. The van der Waals surface area contributed by atoms with Crippen LogP contribution >= 0.6 is 0 Å². The molecule has 1 saturated heterocycles. The molecule has 1 fully saturated rings. The van der Waals surface area contributed by atoms with Crippen LogP contribution < -0.4 is 16.0 Å². The second-order valence-corrected chi connectivity index (χ2v) is 4.79. The molecule has 3 N–H and O–H groups in total. The largest absolute Gasteiger partial charge is 0.370 e. The van der Waals surface area contributed by atoms with Gasteiger partial charge < -0.3 is 16.0 Å². The molecule has 1 aromatic heterocycles. The van der Waals surface area contributed by atoms with Gasteiger partial charge in [-0.15, -0.1) is 0 Å². The first-order valence-electron chi connectivity index (χ1n) is 6.89. The summed E-state index contributed by atoms with van der Waals surface area (Å²) in [5.74, 6) is 2.58. The highest BCUT2D eigenvalue weighted by atomic mass is 15.1. The van der Waals surface area contributed by atoms with Crippen LogP contribution in [0.3, 0.4) is 0 Å². The van der Waals surface area contributed by atoms with Crippen molar-refractivity contribution in [1.82, 2.24) is 15.3 Å².